The summed E-state index contributed by atoms with van der Waals surface area (Å²) in [5.74, 6) is -1.05. The number of carbonyl (C=O) groups excluding carboxylic acids is 1. The van der Waals surface area contributed by atoms with Crippen molar-refractivity contribution in [2.45, 2.75) is 19.4 Å². The number of rotatable bonds is 5. The van der Waals surface area contributed by atoms with Crippen LogP contribution in [0.1, 0.15) is 25.0 Å². The smallest absolute Gasteiger partial charge is 0.236 e. The van der Waals surface area contributed by atoms with E-state index < -0.39 is 17.3 Å². The molecule has 1 atom stereocenters. The summed E-state index contributed by atoms with van der Waals surface area (Å²) in [5.41, 5.74) is 1.67. The topological polar surface area (TPSA) is 70.9 Å². The van der Waals surface area contributed by atoms with Gasteiger partial charge in [-0.1, -0.05) is 24.3 Å². The molecule has 0 saturated carbocycles. The minimum atomic E-state index is -0.689. The van der Waals surface area contributed by atoms with E-state index in [2.05, 4.69) is 10.3 Å². The molecule has 3 rings (SSSR count). The van der Waals surface area contributed by atoms with Gasteiger partial charge in [-0.15, -0.1) is 0 Å². The van der Waals surface area contributed by atoms with Crippen molar-refractivity contribution in [3.63, 3.8) is 0 Å². The van der Waals surface area contributed by atoms with E-state index >= 15 is 0 Å². The molecule has 1 amide bonds. The molecule has 1 unspecified atom stereocenters. The third-order valence-corrected chi connectivity index (χ3v) is 4.30. The number of aliphatic hydroxyl groups excluding tert-OH is 1. The number of carbonyl (C=O) groups is 1. The Morgan fingerprint density at radius 1 is 1.23 bits per heavy atom. The van der Waals surface area contributed by atoms with Gasteiger partial charge in [0.05, 0.1) is 30.4 Å². The van der Waals surface area contributed by atoms with Gasteiger partial charge < -0.3 is 15.2 Å². The zero-order chi connectivity index (χ0) is 18.7. The van der Waals surface area contributed by atoms with Crippen molar-refractivity contribution in [1.29, 1.82) is 0 Å². The van der Waals surface area contributed by atoms with Crippen LogP contribution in [-0.2, 0) is 15.1 Å². The number of halogens is 1. The monoisotopic (exact) mass is 356 g/mol. The maximum atomic E-state index is 13.5. The van der Waals surface area contributed by atoms with Crippen LogP contribution in [0.15, 0.2) is 65.1 Å². The average Bonchev–Trinajstić information content (AvgIpc) is 2.90. The number of amidine groups is 1. The van der Waals surface area contributed by atoms with Crippen molar-refractivity contribution >= 4 is 11.7 Å². The summed E-state index contributed by atoms with van der Waals surface area (Å²) in [6.07, 6.45) is 5.75. The second kappa shape index (κ2) is 7.35. The lowest BCUT2D eigenvalue weighted by Crippen LogP contribution is -2.34. The number of benzene rings is 1. The molecule has 0 aromatic heterocycles. The summed E-state index contributed by atoms with van der Waals surface area (Å²) >= 11 is 0. The van der Waals surface area contributed by atoms with E-state index in [4.69, 9.17) is 9.84 Å². The predicted molar refractivity (Wildman–Crippen MR) is 97.1 cm³/mol. The Balaban J connectivity index is 1.86. The Labute approximate surface area is 151 Å². The van der Waals surface area contributed by atoms with Crippen LogP contribution in [0.2, 0.25) is 0 Å². The third kappa shape index (κ3) is 3.98. The first-order valence-corrected chi connectivity index (χ1v) is 8.41. The zero-order valence-corrected chi connectivity index (χ0v) is 14.7. The number of aliphatic imine (C=N–C) groups is 1. The first-order chi connectivity index (χ1) is 12.4. The van der Waals surface area contributed by atoms with Gasteiger partial charge >= 0.3 is 0 Å². The van der Waals surface area contributed by atoms with Crippen LogP contribution in [0, 0.1) is 5.92 Å². The molecule has 6 heteroatoms. The standard InChI is InChI=1S/C20H21FN2O3/c1-20(2,26-10-9-24)15-5-3-13(4-6-15)18-22-17-8-7-16(21)11-14(12-17)19(25)23-18/h3-8,11-12,14,24H,9-10H2,1-2H3,(H,22,23,25). The van der Waals surface area contributed by atoms with Gasteiger partial charge in [-0.3, -0.25) is 4.79 Å². The Morgan fingerprint density at radius 2 is 1.96 bits per heavy atom. The van der Waals surface area contributed by atoms with Gasteiger partial charge in [0.15, 0.2) is 0 Å². The molecule has 0 radical (unpaired) electrons. The first-order valence-electron chi connectivity index (χ1n) is 8.41. The molecule has 1 aromatic carbocycles. The van der Waals surface area contributed by atoms with Crippen LogP contribution in [0.25, 0.3) is 0 Å². The molecule has 1 aliphatic heterocycles. The van der Waals surface area contributed by atoms with Gasteiger partial charge in [0, 0.05) is 5.56 Å². The second-order valence-corrected chi connectivity index (χ2v) is 6.61. The maximum Gasteiger partial charge on any atom is 0.236 e. The molecule has 2 bridgehead atoms. The Hall–Kier alpha value is -2.57. The van der Waals surface area contributed by atoms with Gasteiger partial charge in [-0.25, -0.2) is 9.38 Å². The molecular formula is C20H21FN2O3. The number of hydrogen-bond donors (Lipinski definition) is 2. The van der Waals surface area contributed by atoms with Crippen LogP contribution in [-0.4, -0.2) is 30.1 Å². The Morgan fingerprint density at radius 3 is 2.65 bits per heavy atom. The largest absolute Gasteiger partial charge is 0.394 e. The fraction of sp³-hybridized carbons (Fsp3) is 0.300. The number of ether oxygens (including phenoxy) is 1. The molecule has 1 aromatic rings. The van der Waals surface area contributed by atoms with Crippen molar-refractivity contribution in [1.82, 2.24) is 5.32 Å². The second-order valence-electron chi connectivity index (χ2n) is 6.61. The minimum Gasteiger partial charge on any atom is -0.394 e. The summed E-state index contributed by atoms with van der Waals surface area (Å²) < 4.78 is 19.2. The van der Waals surface area contributed by atoms with Crippen molar-refractivity contribution in [3.05, 3.63) is 71.2 Å². The van der Waals surface area contributed by atoms with Crippen LogP contribution in [0.4, 0.5) is 4.39 Å². The van der Waals surface area contributed by atoms with E-state index in [0.29, 0.717) is 11.5 Å². The molecule has 1 aliphatic carbocycles. The molecule has 136 valence electrons. The zero-order valence-electron chi connectivity index (χ0n) is 14.7. The van der Waals surface area contributed by atoms with Crippen LogP contribution in [0.5, 0.6) is 0 Å². The van der Waals surface area contributed by atoms with Gasteiger partial charge in [0.2, 0.25) is 5.91 Å². The highest BCUT2D eigenvalue weighted by atomic mass is 19.1. The molecule has 2 N–H and O–H groups in total. The van der Waals surface area contributed by atoms with E-state index in [1.165, 1.54) is 12.2 Å². The summed E-state index contributed by atoms with van der Waals surface area (Å²) in [5, 5.41) is 11.7. The predicted octanol–water partition coefficient (Wildman–Crippen LogP) is 2.73. The number of aliphatic hydroxyl groups is 1. The van der Waals surface area contributed by atoms with Crippen molar-refractivity contribution in [2.75, 3.05) is 13.2 Å². The van der Waals surface area contributed by atoms with Crippen molar-refractivity contribution in [3.8, 4) is 0 Å². The minimum absolute atomic E-state index is 0.0385. The van der Waals surface area contributed by atoms with E-state index in [9.17, 15) is 9.18 Å². The lowest BCUT2D eigenvalue weighted by molar-refractivity contribution is -0.120. The van der Waals surface area contributed by atoms with E-state index in [1.54, 1.807) is 12.2 Å². The molecule has 2 aliphatic rings. The normalized spacial score (nSPS) is 19.8. The fourth-order valence-electron chi connectivity index (χ4n) is 2.81. The van der Waals surface area contributed by atoms with Crippen LogP contribution >= 0.6 is 0 Å². The highest BCUT2D eigenvalue weighted by Gasteiger charge is 2.24. The summed E-state index contributed by atoms with van der Waals surface area (Å²) in [6, 6.07) is 7.49. The van der Waals surface area contributed by atoms with Crippen molar-refractivity contribution in [2.24, 2.45) is 10.9 Å². The number of hydrogen-bond acceptors (Lipinski definition) is 4. The lowest BCUT2D eigenvalue weighted by Gasteiger charge is -2.25. The SMILES string of the molecule is CC(C)(OCCO)c1ccc(C2=NC3=CC(C=C(F)C=C3)C(=O)N2)cc1. The number of nitrogens with zero attached hydrogens (tertiary/aromatic N) is 1. The molecule has 0 spiro atoms. The lowest BCUT2D eigenvalue weighted by atomic mass is 9.96. The Bertz CT molecular complexity index is 820. The summed E-state index contributed by atoms with van der Waals surface area (Å²) in [6.45, 7) is 4.06. The molecule has 1 heterocycles. The first kappa shape index (κ1) is 18.2. The number of amides is 1. The molecule has 26 heavy (non-hydrogen) atoms. The van der Waals surface area contributed by atoms with E-state index in [1.807, 2.05) is 38.1 Å². The van der Waals surface area contributed by atoms with Gasteiger partial charge in [0.1, 0.15) is 11.7 Å². The van der Waals surface area contributed by atoms with E-state index in [0.717, 1.165) is 11.1 Å². The number of fused-ring (bicyclic) bond motifs is 1. The molecule has 5 nitrogen and oxygen atoms in total. The quantitative estimate of drug-likeness (QED) is 0.852. The number of nitrogens with one attached hydrogen (secondary N) is 1. The fourth-order valence-corrected chi connectivity index (χ4v) is 2.81. The molecular weight excluding hydrogens is 335 g/mol. The maximum absolute atomic E-state index is 13.5. The summed E-state index contributed by atoms with van der Waals surface area (Å²) in [7, 11) is 0. The third-order valence-electron chi connectivity index (χ3n) is 4.30. The van der Waals surface area contributed by atoms with Crippen LogP contribution < -0.4 is 5.32 Å². The summed E-state index contributed by atoms with van der Waals surface area (Å²) in [4.78, 5) is 16.8. The van der Waals surface area contributed by atoms with Crippen molar-refractivity contribution < 1.29 is 19.0 Å². The highest BCUT2D eigenvalue weighted by Crippen LogP contribution is 2.26. The number of allylic oxidation sites excluding steroid dienone is 3. The van der Waals surface area contributed by atoms with Crippen LogP contribution in [0.3, 0.4) is 0 Å². The highest BCUT2D eigenvalue weighted by molar-refractivity contribution is 6.10. The van der Waals surface area contributed by atoms with Gasteiger partial charge in [-0.2, -0.15) is 0 Å². The molecule has 0 saturated heterocycles. The molecule has 0 fully saturated rings. The average molecular weight is 356 g/mol. The van der Waals surface area contributed by atoms with Gasteiger partial charge in [0.25, 0.3) is 0 Å². The van der Waals surface area contributed by atoms with E-state index in [-0.39, 0.29) is 19.1 Å². The Kier molecular flexibility index (Phi) is 5.15. The van der Waals surface area contributed by atoms with Gasteiger partial charge in [-0.05, 0) is 43.7 Å².